The number of hydrogen-bond acceptors (Lipinski definition) is 5. The number of fused-ring (bicyclic) bond motifs is 1. The van der Waals surface area contributed by atoms with E-state index in [-0.39, 0.29) is 28.3 Å². The Morgan fingerprint density at radius 3 is 2.90 bits per heavy atom. The molecule has 2 aromatic carbocycles. The van der Waals surface area contributed by atoms with Gasteiger partial charge in [0.05, 0.1) is 11.2 Å². The molecule has 0 amide bonds. The summed E-state index contributed by atoms with van der Waals surface area (Å²) in [5.74, 6) is -1.09. The third-order valence-electron chi connectivity index (χ3n) is 2.86. The van der Waals surface area contributed by atoms with Gasteiger partial charge in [-0.3, -0.25) is 4.98 Å². The number of ether oxygens (including phenoxy) is 1. The topological polar surface area (TPSA) is 105 Å². The first-order chi connectivity index (χ1) is 10.1. The highest BCUT2D eigenvalue weighted by atomic mass is 19.1. The van der Waals surface area contributed by atoms with Gasteiger partial charge < -0.3 is 14.9 Å². The maximum absolute atomic E-state index is 13.5. The molecule has 21 heavy (non-hydrogen) atoms. The van der Waals surface area contributed by atoms with Crippen molar-refractivity contribution >= 4 is 16.8 Å². The molecule has 0 saturated carbocycles. The first-order valence-electron chi connectivity index (χ1n) is 5.87. The fourth-order valence-electron chi connectivity index (χ4n) is 1.90. The Morgan fingerprint density at radius 2 is 2.14 bits per heavy atom. The lowest BCUT2D eigenvalue weighted by Gasteiger charge is -2.09. The molecule has 104 valence electrons. The third kappa shape index (κ3) is 2.19. The molecule has 6 nitrogen and oxygen atoms in total. The minimum absolute atomic E-state index is 0.0365. The van der Waals surface area contributed by atoms with Gasteiger partial charge in [0, 0.05) is 12.1 Å². The average molecular weight is 285 g/mol. The van der Waals surface area contributed by atoms with Crippen molar-refractivity contribution in [2.45, 2.75) is 0 Å². The van der Waals surface area contributed by atoms with E-state index >= 15 is 0 Å². The lowest BCUT2D eigenvalue weighted by molar-refractivity contribution is 0.477. The predicted molar refractivity (Wildman–Crippen MR) is 72.4 cm³/mol. The van der Waals surface area contributed by atoms with Gasteiger partial charge in [-0.05, 0) is 12.1 Å². The van der Waals surface area contributed by atoms with Crippen LogP contribution in [0.3, 0.4) is 0 Å². The highest BCUT2D eigenvalue weighted by molar-refractivity contribution is 5.80. The zero-order valence-electron chi connectivity index (χ0n) is 10.5. The number of nitrogens with zero attached hydrogens (tertiary/aromatic N) is 1. The molecule has 0 aliphatic carbocycles. The Labute approximate surface area is 117 Å². The van der Waals surface area contributed by atoms with E-state index in [2.05, 4.69) is 4.98 Å². The molecule has 0 aliphatic rings. The SMILES string of the molecule is N#Cc1c(F)cccc1Oc1cc2[nH]c(=O)oc2cc1N. The van der Waals surface area contributed by atoms with Crippen LogP contribution in [0.1, 0.15) is 5.56 Å². The van der Waals surface area contributed by atoms with Crippen molar-refractivity contribution in [3.63, 3.8) is 0 Å². The van der Waals surface area contributed by atoms with Gasteiger partial charge >= 0.3 is 5.76 Å². The van der Waals surface area contributed by atoms with E-state index in [1.165, 1.54) is 24.3 Å². The number of nitrogens with one attached hydrogen (secondary N) is 1. The van der Waals surface area contributed by atoms with E-state index < -0.39 is 11.6 Å². The number of aromatic amines is 1. The van der Waals surface area contributed by atoms with Gasteiger partial charge in [0.25, 0.3) is 0 Å². The fourth-order valence-corrected chi connectivity index (χ4v) is 1.90. The molecule has 7 heteroatoms. The second-order valence-corrected chi connectivity index (χ2v) is 4.23. The van der Waals surface area contributed by atoms with Crippen LogP contribution in [-0.2, 0) is 0 Å². The molecule has 0 saturated heterocycles. The maximum Gasteiger partial charge on any atom is 0.417 e. The number of nitrogens with two attached hydrogens (primary N) is 1. The molecule has 0 fully saturated rings. The molecule has 0 aliphatic heterocycles. The van der Waals surface area contributed by atoms with Crippen molar-refractivity contribution in [1.29, 1.82) is 5.26 Å². The van der Waals surface area contributed by atoms with E-state index in [9.17, 15) is 9.18 Å². The minimum atomic E-state index is -0.689. The van der Waals surface area contributed by atoms with Gasteiger partial charge in [-0.1, -0.05) is 6.07 Å². The number of nitrogen functional groups attached to an aromatic ring is 1. The molecular weight excluding hydrogens is 277 g/mol. The zero-order chi connectivity index (χ0) is 15.0. The molecule has 0 atom stereocenters. The number of nitriles is 1. The van der Waals surface area contributed by atoms with Crippen LogP contribution in [0.15, 0.2) is 39.5 Å². The van der Waals surface area contributed by atoms with E-state index in [0.29, 0.717) is 5.52 Å². The van der Waals surface area contributed by atoms with Crippen molar-refractivity contribution in [2.75, 3.05) is 5.73 Å². The van der Waals surface area contributed by atoms with E-state index in [1.807, 2.05) is 0 Å². The molecule has 1 heterocycles. The first-order valence-corrected chi connectivity index (χ1v) is 5.87. The summed E-state index contributed by atoms with van der Waals surface area (Å²) in [6.07, 6.45) is 0. The Hall–Kier alpha value is -3.27. The number of halogens is 1. The van der Waals surface area contributed by atoms with Crippen LogP contribution >= 0.6 is 0 Å². The van der Waals surface area contributed by atoms with Crippen molar-refractivity contribution < 1.29 is 13.5 Å². The van der Waals surface area contributed by atoms with Crippen LogP contribution < -0.4 is 16.2 Å². The molecule has 3 rings (SSSR count). The van der Waals surface area contributed by atoms with Crippen LogP contribution in [0.25, 0.3) is 11.1 Å². The van der Waals surface area contributed by atoms with Gasteiger partial charge in [0.1, 0.15) is 23.2 Å². The Balaban J connectivity index is 2.10. The highest BCUT2D eigenvalue weighted by Crippen LogP contribution is 2.33. The normalized spacial score (nSPS) is 10.5. The molecule has 0 bridgehead atoms. The van der Waals surface area contributed by atoms with E-state index in [0.717, 1.165) is 6.07 Å². The van der Waals surface area contributed by atoms with Crippen molar-refractivity contribution in [3.8, 4) is 17.6 Å². The van der Waals surface area contributed by atoms with Gasteiger partial charge in [-0.25, -0.2) is 9.18 Å². The lowest BCUT2D eigenvalue weighted by Crippen LogP contribution is -1.95. The van der Waals surface area contributed by atoms with Crippen LogP contribution in [0, 0.1) is 17.1 Å². The van der Waals surface area contributed by atoms with Crippen LogP contribution in [0.5, 0.6) is 11.5 Å². The number of aromatic nitrogens is 1. The Morgan fingerprint density at radius 1 is 1.33 bits per heavy atom. The molecule has 0 spiro atoms. The number of benzene rings is 2. The summed E-state index contributed by atoms with van der Waals surface area (Å²) in [6, 6.07) is 8.61. The predicted octanol–water partition coefficient (Wildman–Crippen LogP) is 2.51. The summed E-state index contributed by atoms with van der Waals surface area (Å²) in [7, 11) is 0. The zero-order valence-corrected chi connectivity index (χ0v) is 10.5. The minimum Gasteiger partial charge on any atom is -0.454 e. The maximum atomic E-state index is 13.5. The standard InChI is InChI=1S/C14H8FN3O3/c15-8-2-1-3-11(7(8)6-16)20-12-5-10-13(4-9(12)17)21-14(19)18-10/h1-5H,17H2,(H,18,19). The van der Waals surface area contributed by atoms with Crippen LogP contribution in [0.4, 0.5) is 10.1 Å². The van der Waals surface area contributed by atoms with Crippen LogP contribution in [0.2, 0.25) is 0 Å². The summed E-state index contributed by atoms with van der Waals surface area (Å²) in [6.45, 7) is 0. The molecule has 1 aromatic heterocycles. The number of oxazole rings is 1. The third-order valence-corrected chi connectivity index (χ3v) is 2.86. The van der Waals surface area contributed by atoms with E-state index in [4.69, 9.17) is 20.1 Å². The number of anilines is 1. The van der Waals surface area contributed by atoms with Crippen LogP contribution in [-0.4, -0.2) is 4.98 Å². The average Bonchev–Trinajstić information content (AvgIpc) is 2.78. The quantitative estimate of drug-likeness (QED) is 0.704. The second-order valence-electron chi connectivity index (χ2n) is 4.23. The summed E-state index contributed by atoms with van der Waals surface area (Å²) in [5.41, 5.74) is 6.43. The lowest BCUT2D eigenvalue weighted by atomic mass is 10.2. The number of rotatable bonds is 2. The van der Waals surface area contributed by atoms with Crippen molar-refractivity contribution in [1.82, 2.24) is 4.98 Å². The summed E-state index contributed by atoms with van der Waals surface area (Å²) >= 11 is 0. The number of H-pyrrole nitrogens is 1. The highest BCUT2D eigenvalue weighted by Gasteiger charge is 2.13. The van der Waals surface area contributed by atoms with Crippen molar-refractivity contribution in [3.05, 3.63) is 52.3 Å². The van der Waals surface area contributed by atoms with Crippen molar-refractivity contribution in [2.24, 2.45) is 0 Å². The molecule has 0 radical (unpaired) electrons. The smallest absolute Gasteiger partial charge is 0.417 e. The molecule has 0 unspecified atom stereocenters. The Bertz CT molecular complexity index is 937. The summed E-state index contributed by atoms with van der Waals surface area (Å²) in [5, 5.41) is 8.96. The van der Waals surface area contributed by atoms with E-state index in [1.54, 1.807) is 6.07 Å². The van der Waals surface area contributed by atoms with Gasteiger partial charge in [-0.2, -0.15) is 5.26 Å². The molecule has 3 N–H and O–H groups in total. The second kappa shape index (κ2) is 4.68. The Kier molecular flexibility index (Phi) is 2.84. The van der Waals surface area contributed by atoms with Gasteiger partial charge in [0.15, 0.2) is 11.3 Å². The monoisotopic (exact) mass is 285 g/mol. The molecule has 3 aromatic rings. The van der Waals surface area contributed by atoms with Gasteiger partial charge in [-0.15, -0.1) is 0 Å². The van der Waals surface area contributed by atoms with Gasteiger partial charge in [0.2, 0.25) is 0 Å². The largest absolute Gasteiger partial charge is 0.454 e. The first kappa shape index (κ1) is 12.7. The summed E-state index contributed by atoms with van der Waals surface area (Å²) < 4.78 is 23.9. The summed E-state index contributed by atoms with van der Waals surface area (Å²) in [4.78, 5) is 13.6. The number of hydrogen-bond donors (Lipinski definition) is 2. The fraction of sp³-hybridized carbons (Fsp3) is 0. The molecular formula is C14H8FN3O3.